The molecule has 0 unspecified atom stereocenters. The SMILES string of the molecule is CC1(C)C[C@@H]([C@H](CCNC(=O)c2ccccc2C(=O)O)c2ccccc2)CCO1. The highest BCUT2D eigenvalue weighted by atomic mass is 16.5. The van der Waals surface area contributed by atoms with Gasteiger partial charge in [0.25, 0.3) is 5.91 Å². The van der Waals surface area contributed by atoms with Crippen LogP contribution in [0.15, 0.2) is 54.6 Å². The lowest BCUT2D eigenvalue weighted by Crippen LogP contribution is -2.37. The lowest BCUT2D eigenvalue weighted by atomic mass is 9.75. The summed E-state index contributed by atoms with van der Waals surface area (Å²) < 4.78 is 5.89. The van der Waals surface area contributed by atoms with E-state index in [1.54, 1.807) is 18.2 Å². The van der Waals surface area contributed by atoms with Gasteiger partial charge in [0.1, 0.15) is 0 Å². The fourth-order valence-corrected chi connectivity index (χ4v) is 4.30. The number of hydrogen-bond donors (Lipinski definition) is 2. The van der Waals surface area contributed by atoms with E-state index >= 15 is 0 Å². The number of carboxylic acid groups (broad SMARTS) is 1. The van der Waals surface area contributed by atoms with Gasteiger partial charge in [0, 0.05) is 13.2 Å². The molecule has 0 aliphatic carbocycles. The van der Waals surface area contributed by atoms with E-state index in [1.165, 1.54) is 11.6 Å². The van der Waals surface area contributed by atoms with Crippen molar-refractivity contribution in [3.05, 3.63) is 71.3 Å². The summed E-state index contributed by atoms with van der Waals surface area (Å²) in [7, 11) is 0. The van der Waals surface area contributed by atoms with Crippen molar-refractivity contribution in [2.24, 2.45) is 5.92 Å². The predicted molar refractivity (Wildman–Crippen MR) is 112 cm³/mol. The first-order valence-corrected chi connectivity index (χ1v) is 10.2. The van der Waals surface area contributed by atoms with Crippen molar-refractivity contribution >= 4 is 11.9 Å². The fourth-order valence-electron chi connectivity index (χ4n) is 4.30. The van der Waals surface area contributed by atoms with Crippen LogP contribution < -0.4 is 5.32 Å². The zero-order chi connectivity index (χ0) is 20.9. The van der Waals surface area contributed by atoms with Gasteiger partial charge in [0.2, 0.25) is 0 Å². The third kappa shape index (κ3) is 5.45. The number of benzene rings is 2. The van der Waals surface area contributed by atoms with E-state index in [-0.39, 0.29) is 22.6 Å². The molecular weight excluding hydrogens is 366 g/mol. The van der Waals surface area contributed by atoms with Crippen LogP contribution in [0, 0.1) is 5.92 Å². The highest BCUT2D eigenvalue weighted by Gasteiger charge is 2.34. The van der Waals surface area contributed by atoms with Crippen molar-refractivity contribution in [1.29, 1.82) is 0 Å². The Morgan fingerprint density at radius 1 is 1.10 bits per heavy atom. The van der Waals surface area contributed by atoms with Crippen LogP contribution in [0.5, 0.6) is 0 Å². The maximum absolute atomic E-state index is 12.6. The Labute approximate surface area is 172 Å². The molecule has 0 bridgehead atoms. The summed E-state index contributed by atoms with van der Waals surface area (Å²) >= 11 is 0. The number of nitrogens with one attached hydrogen (secondary N) is 1. The molecule has 2 aromatic carbocycles. The molecule has 0 spiro atoms. The van der Waals surface area contributed by atoms with E-state index in [4.69, 9.17) is 4.74 Å². The molecule has 5 heteroatoms. The van der Waals surface area contributed by atoms with Crippen LogP contribution in [0.4, 0.5) is 0 Å². The van der Waals surface area contributed by atoms with Gasteiger partial charge in [-0.1, -0.05) is 42.5 Å². The van der Waals surface area contributed by atoms with Crippen molar-refractivity contribution in [3.63, 3.8) is 0 Å². The topological polar surface area (TPSA) is 75.6 Å². The van der Waals surface area contributed by atoms with Gasteiger partial charge in [-0.05, 0) is 62.6 Å². The minimum atomic E-state index is -1.10. The highest BCUT2D eigenvalue weighted by molar-refractivity contribution is 6.04. The molecular formula is C24H29NO4. The summed E-state index contributed by atoms with van der Waals surface area (Å²) in [6.45, 7) is 5.50. The third-order valence-corrected chi connectivity index (χ3v) is 5.67. The average Bonchev–Trinajstić information content (AvgIpc) is 2.71. The van der Waals surface area contributed by atoms with Crippen LogP contribution in [0.3, 0.4) is 0 Å². The molecule has 154 valence electrons. The molecule has 0 aromatic heterocycles. The number of carboxylic acids is 1. The van der Waals surface area contributed by atoms with Gasteiger partial charge < -0.3 is 15.2 Å². The van der Waals surface area contributed by atoms with Crippen molar-refractivity contribution in [1.82, 2.24) is 5.32 Å². The molecule has 1 amide bonds. The summed E-state index contributed by atoms with van der Waals surface area (Å²) in [6, 6.07) is 16.7. The van der Waals surface area contributed by atoms with Crippen molar-refractivity contribution < 1.29 is 19.4 Å². The smallest absolute Gasteiger partial charge is 0.336 e. The first kappa shape index (κ1) is 21.1. The zero-order valence-electron chi connectivity index (χ0n) is 17.1. The molecule has 29 heavy (non-hydrogen) atoms. The Bertz CT molecular complexity index is 847. The predicted octanol–water partition coefficient (Wildman–Crippen LogP) is 4.49. The van der Waals surface area contributed by atoms with Gasteiger partial charge in [-0.15, -0.1) is 0 Å². The molecule has 2 atom stereocenters. The monoisotopic (exact) mass is 395 g/mol. The summed E-state index contributed by atoms with van der Waals surface area (Å²) in [6.07, 6.45) is 2.77. The molecule has 2 aromatic rings. The first-order chi connectivity index (χ1) is 13.9. The fraction of sp³-hybridized carbons (Fsp3) is 0.417. The number of aromatic carboxylic acids is 1. The number of rotatable bonds is 7. The van der Waals surface area contributed by atoms with E-state index in [1.807, 2.05) is 6.07 Å². The summed E-state index contributed by atoms with van der Waals surface area (Å²) in [5.74, 6) is -0.650. The standard InChI is InChI=1S/C24H29NO4/c1-24(2)16-18(13-15-29-24)19(17-8-4-3-5-9-17)12-14-25-22(26)20-10-6-7-11-21(20)23(27)28/h3-11,18-19H,12-16H2,1-2H3,(H,25,26)(H,27,28)/t18-,19+/m0/s1. The van der Waals surface area contributed by atoms with Crippen LogP contribution in [0.25, 0.3) is 0 Å². The second-order valence-electron chi connectivity index (χ2n) is 8.27. The lowest BCUT2D eigenvalue weighted by molar-refractivity contribution is -0.0771. The summed E-state index contributed by atoms with van der Waals surface area (Å²) in [5.41, 5.74) is 1.36. The van der Waals surface area contributed by atoms with Gasteiger partial charge in [-0.3, -0.25) is 4.79 Å². The van der Waals surface area contributed by atoms with Crippen molar-refractivity contribution in [3.8, 4) is 0 Å². The molecule has 1 aliphatic rings. The Morgan fingerprint density at radius 3 is 2.41 bits per heavy atom. The maximum atomic E-state index is 12.6. The Hall–Kier alpha value is -2.66. The second kappa shape index (κ2) is 9.23. The molecule has 5 nitrogen and oxygen atoms in total. The quantitative estimate of drug-likeness (QED) is 0.724. The molecule has 2 N–H and O–H groups in total. The molecule has 1 heterocycles. The molecule has 1 saturated heterocycles. The average molecular weight is 395 g/mol. The van der Waals surface area contributed by atoms with Crippen LogP contribution in [-0.4, -0.2) is 35.7 Å². The summed E-state index contributed by atoms with van der Waals surface area (Å²) in [4.78, 5) is 23.9. The van der Waals surface area contributed by atoms with E-state index in [9.17, 15) is 14.7 Å². The number of amides is 1. The molecule has 3 rings (SSSR count). The van der Waals surface area contributed by atoms with Gasteiger partial charge in [0.05, 0.1) is 16.7 Å². The number of carbonyl (C=O) groups is 2. The number of ether oxygens (including phenoxy) is 1. The van der Waals surface area contributed by atoms with E-state index in [0.29, 0.717) is 18.4 Å². The van der Waals surface area contributed by atoms with Gasteiger partial charge in [-0.25, -0.2) is 4.79 Å². The Morgan fingerprint density at radius 2 is 1.76 bits per heavy atom. The largest absolute Gasteiger partial charge is 0.478 e. The molecule has 1 aliphatic heterocycles. The van der Waals surface area contributed by atoms with Gasteiger partial charge in [-0.2, -0.15) is 0 Å². The van der Waals surface area contributed by atoms with E-state index in [0.717, 1.165) is 25.9 Å². The Balaban J connectivity index is 1.69. The first-order valence-electron chi connectivity index (χ1n) is 10.2. The van der Waals surface area contributed by atoms with E-state index < -0.39 is 5.97 Å². The Kier molecular flexibility index (Phi) is 6.70. The second-order valence-corrected chi connectivity index (χ2v) is 8.27. The normalized spacial score (nSPS) is 19.3. The maximum Gasteiger partial charge on any atom is 0.336 e. The minimum Gasteiger partial charge on any atom is -0.478 e. The highest BCUT2D eigenvalue weighted by Crippen LogP contribution is 2.39. The van der Waals surface area contributed by atoms with Crippen LogP contribution >= 0.6 is 0 Å². The van der Waals surface area contributed by atoms with E-state index in [2.05, 4.69) is 43.4 Å². The van der Waals surface area contributed by atoms with Crippen LogP contribution in [0.2, 0.25) is 0 Å². The van der Waals surface area contributed by atoms with Crippen LogP contribution in [-0.2, 0) is 4.74 Å². The van der Waals surface area contributed by atoms with Gasteiger partial charge in [0.15, 0.2) is 0 Å². The minimum absolute atomic E-state index is 0.0239. The van der Waals surface area contributed by atoms with Crippen LogP contribution in [0.1, 0.15) is 65.3 Å². The zero-order valence-corrected chi connectivity index (χ0v) is 17.1. The number of carbonyl (C=O) groups excluding carboxylic acids is 1. The molecule has 1 fully saturated rings. The van der Waals surface area contributed by atoms with Crippen molar-refractivity contribution in [2.75, 3.05) is 13.2 Å². The summed E-state index contributed by atoms with van der Waals surface area (Å²) in [5, 5.41) is 12.2. The third-order valence-electron chi connectivity index (χ3n) is 5.67. The lowest BCUT2D eigenvalue weighted by Gasteiger charge is -2.39. The van der Waals surface area contributed by atoms with Gasteiger partial charge >= 0.3 is 5.97 Å². The molecule has 0 radical (unpaired) electrons. The van der Waals surface area contributed by atoms with Crippen molar-refractivity contribution in [2.45, 2.75) is 44.6 Å². The number of hydrogen-bond acceptors (Lipinski definition) is 3. The molecule has 0 saturated carbocycles.